The second-order valence-electron chi connectivity index (χ2n) is 6.68. The number of carbonyl (C=O) groups excluding carboxylic acids is 2. The van der Waals surface area contributed by atoms with Gasteiger partial charge in [-0.25, -0.2) is 0 Å². The number of carbonyl (C=O) groups is 2. The zero-order valence-electron chi connectivity index (χ0n) is 15.2. The SMILES string of the molecule is COC(=O)CCNC(=O)[C@@H]1O[PH](O)(NCc2ccncc2)OCC1(C)C. The summed E-state index contributed by atoms with van der Waals surface area (Å²) in [4.78, 5) is 38.2. The van der Waals surface area contributed by atoms with Gasteiger partial charge in [0.15, 0.2) is 0 Å². The molecule has 0 aromatic carbocycles. The molecular weight excluding hydrogens is 361 g/mol. The van der Waals surface area contributed by atoms with E-state index in [-0.39, 0.29) is 19.6 Å². The number of aromatic nitrogens is 1. The fourth-order valence-electron chi connectivity index (χ4n) is 2.41. The molecule has 1 fully saturated rings. The second-order valence-corrected chi connectivity index (χ2v) is 8.72. The Hall–Kier alpha value is -1.64. The summed E-state index contributed by atoms with van der Waals surface area (Å²) < 4.78 is 15.7. The van der Waals surface area contributed by atoms with E-state index in [4.69, 9.17) is 9.05 Å². The number of amides is 1. The Kier molecular flexibility index (Phi) is 7.02. The number of nitrogens with one attached hydrogen (secondary N) is 2. The Morgan fingerprint density at radius 1 is 1.42 bits per heavy atom. The molecule has 0 spiro atoms. The molecule has 3 N–H and O–H groups in total. The molecule has 1 atom stereocenters. The molecule has 146 valence electrons. The molecule has 1 saturated heterocycles. The van der Waals surface area contributed by atoms with E-state index in [1.165, 1.54) is 7.11 Å². The van der Waals surface area contributed by atoms with Crippen LogP contribution in [-0.4, -0.2) is 48.1 Å². The molecule has 2 rings (SSSR count). The number of esters is 1. The second kappa shape index (κ2) is 8.83. The number of pyridine rings is 1. The maximum atomic E-state index is 12.5. The van der Waals surface area contributed by atoms with Crippen molar-refractivity contribution in [2.24, 2.45) is 5.41 Å². The Morgan fingerprint density at radius 3 is 2.77 bits per heavy atom. The Balaban J connectivity index is 1.95. The van der Waals surface area contributed by atoms with E-state index in [1.807, 2.05) is 13.8 Å². The van der Waals surface area contributed by atoms with Crippen LogP contribution >= 0.6 is 8.09 Å². The van der Waals surface area contributed by atoms with Gasteiger partial charge < -0.3 is 0 Å². The summed E-state index contributed by atoms with van der Waals surface area (Å²) in [6, 6.07) is 3.60. The molecule has 2 heterocycles. The number of nitrogens with zero attached hydrogens (tertiary/aromatic N) is 1. The molecule has 1 aromatic rings. The first kappa shape index (κ1) is 20.7. The summed E-state index contributed by atoms with van der Waals surface area (Å²) >= 11 is 0. The number of methoxy groups -OCH3 is 1. The molecule has 0 unspecified atom stereocenters. The third kappa shape index (κ3) is 5.69. The van der Waals surface area contributed by atoms with Crippen LogP contribution in [0.5, 0.6) is 0 Å². The first-order valence-corrected chi connectivity index (χ1v) is 10.0. The molecule has 1 aromatic heterocycles. The zero-order chi connectivity index (χ0) is 19.2. The number of ether oxygens (including phenoxy) is 1. The van der Waals surface area contributed by atoms with Crippen molar-refractivity contribution in [3.8, 4) is 0 Å². The zero-order valence-corrected chi connectivity index (χ0v) is 16.2. The normalized spacial score (nSPS) is 22.2. The van der Waals surface area contributed by atoms with Crippen LogP contribution in [0.3, 0.4) is 0 Å². The van der Waals surface area contributed by atoms with Crippen LogP contribution in [0, 0.1) is 5.41 Å². The van der Waals surface area contributed by atoms with Gasteiger partial charge >= 0.3 is 152 Å². The number of rotatable bonds is 7. The van der Waals surface area contributed by atoms with Crippen molar-refractivity contribution in [2.75, 3.05) is 20.3 Å². The van der Waals surface area contributed by atoms with Gasteiger partial charge in [0.05, 0.1) is 0 Å². The van der Waals surface area contributed by atoms with Gasteiger partial charge in [-0.3, -0.25) is 0 Å². The van der Waals surface area contributed by atoms with Crippen molar-refractivity contribution in [1.29, 1.82) is 0 Å². The fourth-order valence-corrected chi connectivity index (χ4v) is 4.40. The molecule has 1 aliphatic heterocycles. The molecule has 10 heteroatoms. The quantitative estimate of drug-likeness (QED) is 0.462. The first-order chi connectivity index (χ1) is 12.3. The summed E-state index contributed by atoms with van der Waals surface area (Å²) in [7, 11) is -2.44. The molecule has 0 bridgehead atoms. The Labute approximate surface area is 153 Å². The molecule has 0 radical (unpaired) electrons. The van der Waals surface area contributed by atoms with Crippen LogP contribution < -0.4 is 10.4 Å². The van der Waals surface area contributed by atoms with E-state index in [1.54, 1.807) is 24.5 Å². The maximum absolute atomic E-state index is 12.5. The van der Waals surface area contributed by atoms with Gasteiger partial charge in [-0.15, -0.1) is 0 Å². The van der Waals surface area contributed by atoms with Crippen LogP contribution in [0.1, 0.15) is 25.8 Å². The van der Waals surface area contributed by atoms with E-state index < -0.39 is 31.5 Å². The van der Waals surface area contributed by atoms with Crippen LogP contribution in [0.2, 0.25) is 0 Å². The van der Waals surface area contributed by atoms with Crippen molar-refractivity contribution < 1.29 is 28.3 Å². The van der Waals surface area contributed by atoms with E-state index in [2.05, 4.69) is 20.1 Å². The molecule has 26 heavy (non-hydrogen) atoms. The van der Waals surface area contributed by atoms with Gasteiger partial charge in [0, 0.05) is 0 Å². The summed E-state index contributed by atoms with van der Waals surface area (Å²) in [5.74, 6) is -0.818. The van der Waals surface area contributed by atoms with Crippen LogP contribution in [-0.2, 0) is 29.9 Å². The summed E-state index contributed by atoms with van der Waals surface area (Å²) in [6.07, 6.45) is 2.45. The topological polar surface area (TPSA) is 119 Å². The first-order valence-electron chi connectivity index (χ1n) is 8.28. The van der Waals surface area contributed by atoms with E-state index in [0.717, 1.165) is 5.56 Å². The predicted molar refractivity (Wildman–Crippen MR) is 95.9 cm³/mol. The van der Waals surface area contributed by atoms with E-state index in [0.29, 0.717) is 6.54 Å². The minimum atomic E-state index is -3.72. The molecule has 0 aliphatic carbocycles. The average Bonchev–Trinajstić information content (AvgIpc) is 2.63. The van der Waals surface area contributed by atoms with Gasteiger partial charge in [-0.2, -0.15) is 0 Å². The van der Waals surface area contributed by atoms with Crippen LogP contribution in [0.25, 0.3) is 0 Å². The Morgan fingerprint density at radius 2 is 2.12 bits per heavy atom. The number of hydrogen-bond acceptors (Lipinski definition) is 8. The van der Waals surface area contributed by atoms with Crippen molar-refractivity contribution >= 4 is 20.0 Å². The standard InChI is InChI=1S/C16H26N3O6P/c1-16(2)11-24-26(22,19-10-12-4-7-17-8-5-12)25-14(16)15(21)18-9-6-13(20)23-3/h4-5,7-8,14,19,22,26H,6,9-11H2,1-3H3,(H,18,21)/t14-/m0/s1. The molecule has 9 nitrogen and oxygen atoms in total. The summed E-state index contributed by atoms with van der Waals surface area (Å²) in [5, 5.41) is 5.53. The third-order valence-corrected chi connectivity index (χ3v) is 5.70. The van der Waals surface area contributed by atoms with Gasteiger partial charge in [-0.1, -0.05) is 0 Å². The van der Waals surface area contributed by atoms with Crippen LogP contribution in [0.4, 0.5) is 0 Å². The van der Waals surface area contributed by atoms with Gasteiger partial charge in [0.25, 0.3) is 0 Å². The number of hydrogen-bond donors (Lipinski definition) is 3. The van der Waals surface area contributed by atoms with E-state index >= 15 is 0 Å². The molecule has 1 aliphatic rings. The van der Waals surface area contributed by atoms with Crippen molar-refractivity contribution in [3.05, 3.63) is 30.1 Å². The predicted octanol–water partition coefficient (Wildman–Crippen LogP) is 0.694. The average molecular weight is 387 g/mol. The van der Waals surface area contributed by atoms with Gasteiger partial charge in [-0.05, 0) is 0 Å². The fraction of sp³-hybridized carbons (Fsp3) is 0.562. The van der Waals surface area contributed by atoms with Gasteiger partial charge in [0.1, 0.15) is 0 Å². The Bertz CT molecular complexity index is 630. The van der Waals surface area contributed by atoms with E-state index in [9.17, 15) is 14.5 Å². The van der Waals surface area contributed by atoms with Gasteiger partial charge in [0.2, 0.25) is 0 Å². The summed E-state index contributed by atoms with van der Waals surface area (Å²) in [6.45, 7) is 4.24. The van der Waals surface area contributed by atoms with Crippen LogP contribution in [0.15, 0.2) is 24.5 Å². The molecule has 0 saturated carbocycles. The van der Waals surface area contributed by atoms with Crippen molar-refractivity contribution in [1.82, 2.24) is 15.4 Å². The monoisotopic (exact) mass is 387 g/mol. The van der Waals surface area contributed by atoms with Crippen molar-refractivity contribution in [2.45, 2.75) is 32.9 Å². The third-order valence-electron chi connectivity index (χ3n) is 3.99. The summed E-state index contributed by atoms with van der Waals surface area (Å²) in [5.41, 5.74) is 0.268. The minimum absolute atomic E-state index is 0.0634. The van der Waals surface area contributed by atoms with Crippen molar-refractivity contribution in [3.63, 3.8) is 0 Å². The molecular formula is C16H26N3O6P. The molecule has 1 amide bonds.